The summed E-state index contributed by atoms with van der Waals surface area (Å²) in [6.07, 6.45) is -1.04. The Bertz CT molecular complexity index is 967. The number of amides is 1. The van der Waals surface area contributed by atoms with Crippen LogP contribution in [0.15, 0.2) is 48.5 Å². The molecule has 6 nitrogen and oxygen atoms in total. The molecule has 8 heteroatoms. The summed E-state index contributed by atoms with van der Waals surface area (Å²) < 4.78 is 39.0. The molecule has 0 heterocycles. The Labute approximate surface area is 163 Å². The predicted octanol–water partition coefficient (Wildman–Crippen LogP) is 4.14. The third-order valence-electron chi connectivity index (χ3n) is 4.62. The molecule has 148 valence electrons. The summed E-state index contributed by atoms with van der Waals surface area (Å²) in [6, 6.07) is 12.3. The standard InChI is InChI=1S/C20H21FN2O4S/c1-3-18(23(20(24)25)19-10-8-17(21)9-11-19)13-28(26,27)14(2)16-6-4-15(12-22)5-7-16/h4-11,14,18H,3,13H2,1-2H3,(H,24,25)/t14?,18-/m0/s1. The van der Waals surface area contributed by atoms with Crippen LogP contribution in [-0.4, -0.2) is 31.4 Å². The van der Waals surface area contributed by atoms with Crippen LogP contribution >= 0.6 is 0 Å². The third kappa shape index (κ3) is 4.87. The normalized spacial score (nSPS) is 13.4. The molecule has 2 aromatic rings. The SMILES string of the molecule is CC[C@@H](CS(=O)(=O)C(C)c1ccc(C#N)cc1)N(C(=O)O)c1ccc(F)cc1. The van der Waals surface area contributed by atoms with Crippen LogP contribution in [-0.2, 0) is 9.84 Å². The van der Waals surface area contributed by atoms with E-state index in [9.17, 15) is 22.7 Å². The van der Waals surface area contributed by atoms with Crippen molar-refractivity contribution in [3.8, 4) is 6.07 Å². The number of anilines is 1. The van der Waals surface area contributed by atoms with E-state index in [1.54, 1.807) is 31.2 Å². The molecule has 1 N–H and O–H groups in total. The lowest BCUT2D eigenvalue weighted by Gasteiger charge is -2.29. The van der Waals surface area contributed by atoms with Crippen molar-refractivity contribution in [1.82, 2.24) is 0 Å². The van der Waals surface area contributed by atoms with Gasteiger partial charge in [0.05, 0.1) is 28.7 Å². The lowest BCUT2D eigenvalue weighted by molar-refractivity contribution is 0.199. The van der Waals surface area contributed by atoms with Gasteiger partial charge in [0.2, 0.25) is 0 Å². The maximum absolute atomic E-state index is 13.2. The molecule has 0 saturated carbocycles. The fraction of sp³-hybridized carbons (Fsp3) is 0.300. The molecule has 0 bridgehead atoms. The first kappa shape index (κ1) is 21.4. The first-order valence-corrected chi connectivity index (χ1v) is 10.4. The number of rotatable bonds is 7. The van der Waals surface area contributed by atoms with E-state index in [-0.39, 0.29) is 17.9 Å². The van der Waals surface area contributed by atoms with E-state index in [4.69, 9.17) is 5.26 Å². The summed E-state index contributed by atoms with van der Waals surface area (Å²) in [5.41, 5.74) is 1.16. The molecule has 1 unspecified atom stereocenters. The van der Waals surface area contributed by atoms with Gasteiger partial charge in [0.25, 0.3) is 0 Å². The highest BCUT2D eigenvalue weighted by atomic mass is 32.2. The molecule has 2 aromatic carbocycles. The molecule has 0 aliphatic rings. The molecule has 0 spiro atoms. The molecule has 0 saturated heterocycles. The number of hydrogen-bond donors (Lipinski definition) is 1. The first-order chi connectivity index (χ1) is 13.2. The van der Waals surface area contributed by atoms with E-state index in [1.807, 2.05) is 6.07 Å². The van der Waals surface area contributed by atoms with Crippen LogP contribution in [0, 0.1) is 17.1 Å². The number of nitrogens with zero attached hydrogens (tertiary/aromatic N) is 2. The van der Waals surface area contributed by atoms with Crippen molar-refractivity contribution in [2.24, 2.45) is 0 Å². The second kappa shape index (κ2) is 8.85. The number of benzene rings is 2. The maximum atomic E-state index is 13.2. The van der Waals surface area contributed by atoms with Crippen LogP contribution in [0.3, 0.4) is 0 Å². The van der Waals surface area contributed by atoms with Gasteiger partial charge < -0.3 is 5.11 Å². The first-order valence-electron chi connectivity index (χ1n) is 8.69. The van der Waals surface area contributed by atoms with Gasteiger partial charge in [-0.15, -0.1) is 0 Å². The summed E-state index contributed by atoms with van der Waals surface area (Å²) in [5, 5.41) is 17.6. The fourth-order valence-electron chi connectivity index (χ4n) is 2.90. The van der Waals surface area contributed by atoms with Crippen LogP contribution in [0.4, 0.5) is 14.9 Å². The number of nitriles is 1. The lowest BCUT2D eigenvalue weighted by Crippen LogP contribution is -2.44. The van der Waals surface area contributed by atoms with Crippen LogP contribution in [0.2, 0.25) is 0 Å². The van der Waals surface area contributed by atoms with Crippen molar-refractivity contribution in [2.75, 3.05) is 10.7 Å². The molecule has 28 heavy (non-hydrogen) atoms. The van der Waals surface area contributed by atoms with Crippen LogP contribution in [0.25, 0.3) is 0 Å². The second-order valence-electron chi connectivity index (χ2n) is 6.40. The molecule has 0 aromatic heterocycles. The monoisotopic (exact) mass is 404 g/mol. The highest BCUT2D eigenvalue weighted by Crippen LogP contribution is 2.27. The zero-order valence-electron chi connectivity index (χ0n) is 15.5. The van der Waals surface area contributed by atoms with E-state index in [1.165, 1.54) is 19.1 Å². The van der Waals surface area contributed by atoms with Gasteiger partial charge in [0.1, 0.15) is 5.82 Å². The zero-order valence-corrected chi connectivity index (χ0v) is 16.4. The molecule has 0 fully saturated rings. The van der Waals surface area contributed by atoms with Crippen LogP contribution in [0.1, 0.15) is 36.6 Å². The smallest absolute Gasteiger partial charge is 0.412 e. The molecular formula is C20H21FN2O4S. The number of halogens is 1. The Balaban J connectivity index is 2.30. The van der Waals surface area contributed by atoms with Crippen molar-refractivity contribution in [1.29, 1.82) is 5.26 Å². The van der Waals surface area contributed by atoms with Crippen molar-refractivity contribution < 1.29 is 22.7 Å². The van der Waals surface area contributed by atoms with Gasteiger partial charge in [-0.1, -0.05) is 19.1 Å². The Hall–Kier alpha value is -2.92. The molecule has 0 aliphatic carbocycles. The Morgan fingerprint density at radius 2 is 1.75 bits per heavy atom. The maximum Gasteiger partial charge on any atom is 0.412 e. The molecular weight excluding hydrogens is 383 g/mol. The van der Waals surface area contributed by atoms with Gasteiger partial charge >= 0.3 is 6.09 Å². The average molecular weight is 404 g/mol. The number of hydrogen-bond acceptors (Lipinski definition) is 4. The highest BCUT2D eigenvalue weighted by Gasteiger charge is 2.32. The fourth-order valence-corrected chi connectivity index (χ4v) is 4.68. The van der Waals surface area contributed by atoms with Gasteiger partial charge in [-0.25, -0.2) is 17.6 Å². The van der Waals surface area contributed by atoms with E-state index in [2.05, 4.69) is 0 Å². The molecule has 1 amide bonds. The highest BCUT2D eigenvalue weighted by molar-refractivity contribution is 7.91. The van der Waals surface area contributed by atoms with E-state index in [0.717, 1.165) is 17.0 Å². The summed E-state index contributed by atoms with van der Waals surface area (Å²) in [7, 11) is -3.70. The topological polar surface area (TPSA) is 98.5 Å². The second-order valence-corrected chi connectivity index (χ2v) is 8.76. The Morgan fingerprint density at radius 1 is 1.18 bits per heavy atom. The molecule has 2 rings (SSSR count). The zero-order chi connectivity index (χ0) is 20.9. The minimum atomic E-state index is -3.70. The van der Waals surface area contributed by atoms with Crippen molar-refractivity contribution >= 4 is 21.6 Å². The van der Waals surface area contributed by atoms with Crippen molar-refractivity contribution in [3.05, 3.63) is 65.5 Å². The minimum absolute atomic E-state index is 0.210. The van der Waals surface area contributed by atoms with Crippen molar-refractivity contribution in [2.45, 2.75) is 31.6 Å². The number of carbonyl (C=O) groups is 1. The van der Waals surface area contributed by atoms with Gasteiger partial charge in [-0.05, 0) is 55.3 Å². The van der Waals surface area contributed by atoms with E-state index >= 15 is 0 Å². The van der Waals surface area contributed by atoms with Gasteiger partial charge in [0, 0.05) is 5.69 Å². The average Bonchev–Trinajstić information content (AvgIpc) is 2.68. The predicted molar refractivity (Wildman–Crippen MR) is 104 cm³/mol. The number of carboxylic acid groups (broad SMARTS) is 1. The van der Waals surface area contributed by atoms with Gasteiger partial charge in [0.15, 0.2) is 9.84 Å². The summed E-state index contributed by atoms with van der Waals surface area (Å²) in [4.78, 5) is 12.7. The van der Waals surface area contributed by atoms with Gasteiger partial charge in [-0.2, -0.15) is 5.26 Å². The summed E-state index contributed by atoms with van der Waals surface area (Å²) in [6.45, 7) is 3.23. The van der Waals surface area contributed by atoms with E-state index < -0.39 is 33.0 Å². The minimum Gasteiger partial charge on any atom is -0.465 e. The summed E-state index contributed by atoms with van der Waals surface area (Å²) >= 11 is 0. The van der Waals surface area contributed by atoms with Gasteiger partial charge in [-0.3, -0.25) is 4.90 Å². The molecule has 2 atom stereocenters. The summed E-state index contributed by atoms with van der Waals surface area (Å²) in [5.74, 6) is -0.891. The number of sulfone groups is 1. The van der Waals surface area contributed by atoms with E-state index in [0.29, 0.717) is 11.1 Å². The quantitative estimate of drug-likeness (QED) is 0.748. The van der Waals surface area contributed by atoms with Crippen LogP contribution < -0.4 is 4.90 Å². The molecule has 0 radical (unpaired) electrons. The Kier molecular flexibility index (Phi) is 6.75. The Morgan fingerprint density at radius 3 is 2.21 bits per heavy atom. The van der Waals surface area contributed by atoms with Crippen LogP contribution in [0.5, 0.6) is 0 Å². The van der Waals surface area contributed by atoms with Crippen molar-refractivity contribution in [3.63, 3.8) is 0 Å². The third-order valence-corrected chi connectivity index (χ3v) is 6.82. The molecule has 0 aliphatic heterocycles. The lowest BCUT2D eigenvalue weighted by atomic mass is 10.1. The largest absolute Gasteiger partial charge is 0.465 e.